The van der Waals surface area contributed by atoms with E-state index in [0.717, 1.165) is 23.1 Å². The highest BCUT2D eigenvalue weighted by Gasteiger charge is 2.39. The van der Waals surface area contributed by atoms with Crippen LogP contribution in [-0.2, 0) is 42.5 Å². The number of halogens is 3. The number of carbonyl (C=O) groups excluding carboxylic acids is 1. The Kier molecular flexibility index (Phi) is 11.5. The minimum atomic E-state index is -5.08. The lowest BCUT2D eigenvalue weighted by atomic mass is 9.95. The monoisotopic (exact) mass is 736 g/mol. The molecule has 2 aliphatic rings. The summed E-state index contributed by atoms with van der Waals surface area (Å²) in [5.74, 6) is -2.71. The van der Waals surface area contributed by atoms with Gasteiger partial charge < -0.3 is 10.4 Å². The van der Waals surface area contributed by atoms with Crippen LogP contribution in [0.5, 0.6) is 0 Å². The van der Waals surface area contributed by atoms with Crippen LogP contribution in [0.2, 0.25) is 0 Å². The molecule has 1 saturated heterocycles. The molecule has 0 bridgehead atoms. The number of nitrogens with one attached hydrogen (secondary N) is 3. The molecule has 0 radical (unpaired) electrons. The molecule has 11 nitrogen and oxygen atoms in total. The third kappa shape index (κ3) is 9.28. The first kappa shape index (κ1) is 38.5. The van der Waals surface area contributed by atoms with E-state index in [1.165, 1.54) is 22.3 Å². The Hall–Kier alpha value is -4.28. The molecule has 2 aliphatic heterocycles. The van der Waals surface area contributed by atoms with Crippen molar-refractivity contribution in [2.75, 3.05) is 6.54 Å². The minimum absolute atomic E-state index is 0.0180. The molecule has 16 heteroatoms. The number of amides is 1. The van der Waals surface area contributed by atoms with Gasteiger partial charge in [-0.1, -0.05) is 42.5 Å². The van der Waals surface area contributed by atoms with Crippen LogP contribution in [0.15, 0.2) is 64.5 Å². The van der Waals surface area contributed by atoms with Crippen LogP contribution >= 0.6 is 0 Å². The summed E-state index contributed by atoms with van der Waals surface area (Å²) in [5, 5.41) is 9.67. The Morgan fingerprint density at radius 2 is 1.60 bits per heavy atom. The van der Waals surface area contributed by atoms with Gasteiger partial charge in [0.05, 0.1) is 29.9 Å². The predicted molar refractivity (Wildman–Crippen MR) is 182 cm³/mol. The number of sulfonamides is 2. The molecule has 4 N–H and O–H groups in total. The molecule has 3 aromatic carbocycles. The van der Waals surface area contributed by atoms with Gasteiger partial charge in [-0.05, 0) is 104 Å². The molecule has 2 heterocycles. The lowest BCUT2D eigenvalue weighted by Crippen LogP contribution is -2.48. The first-order valence-corrected chi connectivity index (χ1v) is 18.6. The zero-order chi connectivity index (χ0) is 37.2. The largest absolute Gasteiger partial charge is 0.490 e. The van der Waals surface area contributed by atoms with Gasteiger partial charge in [-0.3, -0.25) is 14.5 Å². The number of amidine groups is 1. The van der Waals surface area contributed by atoms with Gasteiger partial charge >= 0.3 is 12.1 Å². The second kappa shape index (κ2) is 14.9. The number of carbonyl (C=O) groups is 2. The average Bonchev–Trinajstić information content (AvgIpc) is 3.60. The second-order valence-electron chi connectivity index (χ2n) is 12.5. The Balaban J connectivity index is 0.000000727. The number of aliphatic carboxylic acids is 1. The first-order chi connectivity index (χ1) is 23.2. The number of carboxylic acids is 1. The zero-order valence-electron chi connectivity index (χ0n) is 28.1. The van der Waals surface area contributed by atoms with Gasteiger partial charge in [0.1, 0.15) is 11.1 Å². The van der Waals surface area contributed by atoms with Gasteiger partial charge in [0.15, 0.2) is 0 Å². The fourth-order valence-electron chi connectivity index (χ4n) is 5.62. The van der Waals surface area contributed by atoms with Crippen molar-refractivity contribution < 1.29 is 44.7 Å². The maximum atomic E-state index is 13.6. The molecule has 3 unspecified atom stereocenters. The summed E-state index contributed by atoms with van der Waals surface area (Å²) in [5.41, 5.74) is 8.19. The molecule has 0 spiro atoms. The minimum Gasteiger partial charge on any atom is -0.475 e. The molecule has 3 aromatic rings. The number of benzene rings is 3. The molecule has 3 atom stereocenters. The average molecular weight is 737 g/mol. The lowest BCUT2D eigenvalue weighted by Gasteiger charge is -2.22. The molecular weight excluding hydrogens is 698 g/mol. The van der Waals surface area contributed by atoms with Crippen LogP contribution in [0.1, 0.15) is 56.2 Å². The molecular formula is C34H39F3N4O7S2. The Labute approximate surface area is 289 Å². The van der Waals surface area contributed by atoms with Crippen molar-refractivity contribution >= 4 is 37.8 Å². The number of nitrogens with zero attached hydrogens (tertiary/aromatic N) is 1. The van der Waals surface area contributed by atoms with E-state index in [0.29, 0.717) is 24.4 Å². The smallest absolute Gasteiger partial charge is 0.475 e. The van der Waals surface area contributed by atoms with Gasteiger partial charge in [-0.2, -0.15) is 13.2 Å². The third-order valence-electron chi connectivity index (χ3n) is 8.92. The van der Waals surface area contributed by atoms with Crippen molar-refractivity contribution in [1.29, 1.82) is 0 Å². The number of aryl methyl sites for hydroxylation is 3. The summed E-state index contributed by atoms with van der Waals surface area (Å²) >= 11 is 0. The summed E-state index contributed by atoms with van der Waals surface area (Å²) in [4.78, 5) is 25.5. The normalized spacial score (nSPS) is 19.1. The number of aliphatic imine (C=N–C) groups is 1. The van der Waals surface area contributed by atoms with Gasteiger partial charge in [0, 0.05) is 0 Å². The highest BCUT2D eigenvalue weighted by Crippen LogP contribution is 2.30. The van der Waals surface area contributed by atoms with E-state index in [-0.39, 0.29) is 17.4 Å². The second-order valence-corrected chi connectivity index (χ2v) is 16.1. The number of rotatable bonds is 9. The molecule has 0 saturated carbocycles. The van der Waals surface area contributed by atoms with Crippen molar-refractivity contribution in [2.24, 2.45) is 4.99 Å². The van der Waals surface area contributed by atoms with E-state index in [9.17, 15) is 34.8 Å². The molecule has 0 aromatic heterocycles. The molecule has 0 aliphatic carbocycles. The number of hydrogen-bond donors (Lipinski definition) is 4. The Bertz CT molecular complexity index is 2030. The Morgan fingerprint density at radius 1 is 0.980 bits per heavy atom. The summed E-state index contributed by atoms with van der Waals surface area (Å²) in [6, 6.07) is 15.6. The quantitative estimate of drug-likeness (QED) is 0.253. The topological polar surface area (TPSA) is 171 Å². The molecule has 270 valence electrons. The SMILES string of the molecule is Cc1ccc(S(=O)(=O)NC(Cc2ccc(C3CC(=O)NS3(=O)=O)cc2)C2=NCC(Cc3ccc(C)c(C)c3C)N2)cc1C.O=C(O)C(F)(F)F. The highest BCUT2D eigenvalue weighted by molar-refractivity contribution is 7.90. The van der Waals surface area contributed by atoms with Crippen molar-refractivity contribution in [3.8, 4) is 0 Å². The zero-order valence-corrected chi connectivity index (χ0v) is 29.7. The fraction of sp³-hybridized carbons (Fsp3) is 0.382. The van der Waals surface area contributed by atoms with Gasteiger partial charge in [0.25, 0.3) is 0 Å². The van der Waals surface area contributed by atoms with Gasteiger partial charge in [0.2, 0.25) is 26.0 Å². The van der Waals surface area contributed by atoms with Crippen LogP contribution in [0.25, 0.3) is 0 Å². The standard InChI is InChI=1S/C32H38N4O5S2.C2HF3O2/c1-19-7-13-28(14-21(19)3)42(38,39)35-29(15-24-8-11-25(12-9-24)30-17-31(37)36-43(30,40)41)32-33-18-27(34-32)16-26-10-6-20(2)22(4)23(26)5;3-2(4,5)1(6)7/h6-14,27,29-30,35H,15-18H2,1-5H3,(H,33,34)(H,36,37);(H,6,7). The van der Waals surface area contributed by atoms with Crippen molar-refractivity contribution in [3.63, 3.8) is 0 Å². The third-order valence-corrected chi connectivity index (χ3v) is 12.1. The van der Waals surface area contributed by atoms with E-state index in [1.54, 1.807) is 42.5 Å². The number of hydrogen-bond acceptors (Lipinski definition) is 8. The van der Waals surface area contributed by atoms with E-state index in [4.69, 9.17) is 14.9 Å². The number of alkyl halides is 3. The van der Waals surface area contributed by atoms with Crippen LogP contribution in [0, 0.1) is 34.6 Å². The van der Waals surface area contributed by atoms with Crippen LogP contribution in [0.3, 0.4) is 0 Å². The fourth-order valence-corrected chi connectivity index (χ4v) is 8.33. The molecule has 5 rings (SSSR count). The summed E-state index contributed by atoms with van der Waals surface area (Å²) in [7, 11) is -7.65. The summed E-state index contributed by atoms with van der Waals surface area (Å²) in [6.45, 7) is 10.7. The van der Waals surface area contributed by atoms with E-state index in [2.05, 4.69) is 42.9 Å². The van der Waals surface area contributed by atoms with E-state index >= 15 is 0 Å². The highest BCUT2D eigenvalue weighted by atomic mass is 32.2. The predicted octanol–water partition coefficient (Wildman–Crippen LogP) is 4.26. The lowest BCUT2D eigenvalue weighted by molar-refractivity contribution is -0.192. The van der Waals surface area contributed by atoms with Crippen molar-refractivity contribution in [2.45, 2.75) is 82.3 Å². The van der Waals surface area contributed by atoms with E-state index in [1.807, 2.05) is 18.6 Å². The molecule has 50 heavy (non-hydrogen) atoms. The summed E-state index contributed by atoms with van der Waals surface area (Å²) < 4.78 is 88.5. The van der Waals surface area contributed by atoms with Gasteiger partial charge in [-0.25, -0.2) is 26.4 Å². The Morgan fingerprint density at radius 3 is 2.16 bits per heavy atom. The van der Waals surface area contributed by atoms with Crippen molar-refractivity contribution in [1.82, 2.24) is 14.8 Å². The van der Waals surface area contributed by atoms with Crippen molar-refractivity contribution in [3.05, 3.63) is 99.1 Å². The van der Waals surface area contributed by atoms with Crippen LogP contribution in [-0.4, -0.2) is 64.5 Å². The maximum Gasteiger partial charge on any atom is 0.490 e. The maximum absolute atomic E-state index is 13.6. The first-order valence-electron chi connectivity index (χ1n) is 15.6. The van der Waals surface area contributed by atoms with Crippen LogP contribution < -0.4 is 14.8 Å². The molecule has 1 fully saturated rings. The van der Waals surface area contributed by atoms with Gasteiger partial charge in [-0.15, -0.1) is 0 Å². The number of carboxylic acid groups (broad SMARTS) is 1. The van der Waals surface area contributed by atoms with E-state index < -0.39 is 49.4 Å². The van der Waals surface area contributed by atoms with Crippen LogP contribution in [0.4, 0.5) is 13.2 Å². The summed E-state index contributed by atoms with van der Waals surface area (Å²) in [6.07, 6.45) is -4.16. The molecule has 1 amide bonds.